The fourth-order valence-electron chi connectivity index (χ4n) is 1.51. The van der Waals surface area contributed by atoms with Crippen molar-refractivity contribution in [3.05, 3.63) is 29.3 Å². The van der Waals surface area contributed by atoms with E-state index in [4.69, 9.17) is 0 Å². The Kier molecular flexibility index (Phi) is 3.87. The molecule has 0 saturated carbocycles. The Morgan fingerprint density at radius 3 is 2.57 bits per heavy atom. The molecular formula is C13H19N. The maximum absolute atomic E-state index is 4.35. The van der Waals surface area contributed by atoms with E-state index in [0.717, 1.165) is 12.1 Å². The van der Waals surface area contributed by atoms with E-state index in [-0.39, 0.29) is 0 Å². The maximum Gasteiger partial charge on any atom is 0.0657 e. The third-order valence-corrected chi connectivity index (χ3v) is 2.42. The SMILES string of the molecule is CC=Nc1ccc(C(C)C)cc1CC. The van der Waals surface area contributed by atoms with E-state index in [2.05, 4.69) is 44.0 Å². The van der Waals surface area contributed by atoms with E-state index in [9.17, 15) is 0 Å². The van der Waals surface area contributed by atoms with Crippen LogP contribution in [0.5, 0.6) is 0 Å². The summed E-state index contributed by atoms with van der Waals surface area (Å²) >= 11 is 0. The Morgan fingerprint density at radius 1 is 1.36 bits per heavy atom. The van der Waals surface area contributed by atoms with Gasteiger partial charge in [0, 0.05) is 6.21 Å². The van der Waals surface area contributed by atoms with Crippen LogP contribution in [0.15, 0.2) is 23.2 Å². The summed E-state index contributed by atoms with van der Waals surface area (Å²) < 4.78 is 0. The van der Waals surface area contributed by atoms with E-state index < -0.39 is 0 Å². The molecule has 0 aromatic heterocycles. The van der Waals surface area contributed by atoms with E-state index in [1.165, 1.54) is 11.1 Å². The van der Waals surface area contributed by atoms with Gasteiger partial charge in [-0.2, -0.15) is 0 Å². The monoisotopic (exact) mass is 189 g/mol. The summed E-state index contributed by atoms with van der Waals surface area (Å²) in [7, 11) is 0. The largest absolute Gasteiger partial charge is 0.261 e. The number of hydrogen-bond acceptors (Lipinski definition) is 1. The van der Waals surface area contributed by atoms with Gasteiger partial charge in [0.2, 0.25) is 0 Å². The quantitative estimate of drug-likeness (QED) is 0.635. The maximum atomic E-state index is 4.35. The van der Waals surface area contributed by atoms with Crippen molar-refractivity contribution in [1.82, 2.24) is 0 Å². The highest BCUT2D eigenvalue weighted by Crippen LogP contribution is 2.24. The average Bonchev–Trinajstić information content (AvgIpc) is 2.18. The van der Waals surface area contributed by atoms with Gasteiger partial charge in [0.1, 0.15) is 0 Å². The Balaban J connectivity index is 3.11. The number of nitrogens with zero attached hydrogens (tertiary/aromatic N) is 1. The summed E-state index contributed by atoms with van der Waals surface area (Å²) in [4.78, 5) is 4.35. The second-order valence-corrected chi connectivity index (χ2v) is 3.78. The Morgan fingerprint density at radius 2 is 2.07 bits per heavy atom. The van der Waals surface area contributed by atoms with Gasteiger partial charge in [-0.15, -0.1) is 0 Å². The Labute approximate surface area is 86.9 Å². The molecule has 1 aromatic carbocycles. The lowest BCUT2D eigenvalue weighted by Gasteiger charge is -2.09. The molecule has 0 radical (unpaired) electrons. The zero-order chi connectivity index (χ0) is 10.6. The molecule has 1 aromatic rings. The molecule has 0 spiro atoms. The lowest BCUT2D eigenvalue weighted by atomic mass is 9.99. The van der Waals surface area contributed by atoms with Crippen LogP contribution in [0, 0.1) is 0 Å². The van der Waals surface area contributed by atoms with E-state index in [0.29, 0.717) is 5.92 Å². The zero-order valence-corrected chi connectivity index (χ0v) is 9.54. The van der Waals surface area contributed by atoms with Crippen molar-refractivity contribution in [3.63, 3.8) is 0 Å². The van der Waals surface area contributed by atoms with Crippen LogP contribution in [0.25, 0.3) is 0 Å². The minimum atomic E-state index is 0.597. The predicted octanol–water partition coefficient (Wildman–Crippen LogP) is 4.09. The molecule has 1 heteroatoms. The molecule has 0 unspecified atom stereocenters. The third kappa shape index (κ3) is 2.44. The second kappa shape index (κ2) is 4.94. The topological polar surface area (TPSA) is 12.4 Å². The molecule has 0 N–H and O–H groups in total. The molecular weight excluding hydrogens is 170 g/mol. The van der Waals surface area contributed by atoms with Crippen molar-refractivity contribution in [2.24, 2.45) is 4.99 Å². The number of hydrogen-bond donors (Lipinski definition) is 0. The summed E-state index contributed by atoms with van der Waals surface area (Å²) in [6.45, 7) is 8.57. The van der Waals surface area contributed by atoms with Crippen molar-refractivity contribution >= 4 is 11.9 Å². The van der Waals surface area contributed by atoms with Crippen molar-refractivity contribution in [2.45, 2.75) is 40.0 Å². The molecule has 0 aliphatic heterocycles. The highest BCUT2D eigenvalue weighted by Gasteiger charge is 2.03. The number of aryl methyl sites for hydroxylation is 1. The Hall–Kier alpha value is -1.11. The smallest absolute Gasteiger partial charge is 0.0657 e. The first kappa shape index (κ1) is 11.0. The molecule has 14 heavy (non-hydrogen) atoms. The lowest BCUT2D eigenvalue weighted by Crippen LogP contribution is -1.90. The fourth-order valence-corrected chi connectivity index (χ4v) is 1.51. The van der Waals surface area contributed by atoms with Gasteiger partial charge < -0.3 is 0 Å². The van der Waals surface area contributed by atoms with Gasteiger partial charge in [-0.1, -0.05) is 32.9 Å². The molecule has 1 nitrogen and oxygen atoms in total. The van der Waals surface area contributed by atoms with Gasteiger partial charge in [-0.25, -0.2) is 0 Å². The van der Waals surface area contributed by atoms with Crippen molar-refractivity contribution in [3.8, 4) is 0 Å². The molecule has 0 saturated heterocycles. The van der Waals surface area contributed by atoms with Gasteiger partial charge in [0.25, 0.3) is 0 Å². The Bertz CT molecular complexity index is 324. The second-order valence-electron chi connectivity index (χ2n) is 3.78. The van der Waals surface area contributed by atoms with Crippen molar-refractivity contribution in [2.75, 3.05) is 0 Å². The molecule has 0 amide bonds. The van der Waals surface area contributed by atoms with Crippen LogP contribution in [0.2, 0.25) is 0 Å². The molecule has 0 bridgehead atoms. The van der Waals surface area contributed by atoms with E-state index in [1.54, 1.807) is 0 Å². The fraction of sp³-hybridized carbons (Fsp3) is 0.462. The zero-order valence-electron chi connectivity index (χ0n) is 9.54. The third-order valence-electron chi connectivity index (χ3n) is 2.42. The predicted molar refractivity (Wildman–Crippen MR) is 63.7 cm³/mol. The van der Waals surface area contributed by atoms with Crippen LogP contribution in [-0.2, 0) is 6.42 Å². The molecule has 0 fully saturated rings. The van der Waals surface area contributed by atoms with Crippen molar-refractivity contribution < 1.29 is 0 Å². The van der Waals surface area contributed by atoms with Crippen molar-refractivity contribution in [1.29, 1.82) is 0 Å². The van der Waals surface area contributed by atoms with Crippen LogP contribution in [-0.4, -0.2) is 6.21 Å². The first-order chi connectivity index (χ1) is 6.69. The van der Waals surface area contributed by atoms with Crippen LogP contribution < -0.4 is 0 Å². The van der Waals surface area contributed by atoms with Gasteiger partial charge in [0.15, 0.2) is 0 Å². The van der Waals surface area contributed by atoms with Gasteiger partial charge >= 0.3 is 0 Å². The average molecular weight is 189 g/mol. The number of benzene rings is 1. The summed E-state index contributed by atoms with van der Waals surface area (Å²) in [6.07, 6.45) is 2.90. The first-order valence-corrected chi connectivity index (χ1v) is 5.30. The normalized spacial score (nSPS) is 11.5. The van der Waals surface area contributed by atoms with Gasteiger partial charge in [0.05, 0.1) is 5.69 Å². The number of rotatable bonds is 3. The summed E-state index contributed by atoms with van der Waals surface area (Å²) in [5, 5.41) is 0. The summed E-state index contributed by atoms with van der Waals surface area (Å²) in [5.41, 5.74) is 3.85. The molecule has 0 aliphatic carbocycles. The van der Waals surface area contributed by atoms with Gasteiger partial charge in [-0.3, -0.25) is 4.99 Å². The molecule has 0 atom stereocenters. The molecule has 0 aliphatic rings. The summed E-state index contributed by atoms with van der Waals surface area (Å²) in [5.74, 6) is 0.597. The molecule has 76 valence electrons. The van der Waals surface area contributed by atoms with Crippen LogP contribution in [0.1, 0.15) is 44.7 Å². The minimum Gasteiger partial charge on any atom is -0.261 e. The van der Waals surface area contributed by atoms with E-state index in [1.807, 2.05) is 13.1 Å². The molecule has 0 heterocycles. The minimum absolute atomic E-state index is 0.597. The lowest BCUT2D eigenvalue weighted by molar-refractivity contribution is 0.862. The first-order valence-electron chi connectivity index (χ1n) is 5.30. The summed E-state index contributed by atoms with van der Waals surface area (Å²) in [6, 6.07) is 6.56. The highest BCUT2D eigenvalue weighted by molar-refractivity contribution is 5.62. The van der Waals surface area contributed by atoms with Gasteiger partial charge in [-0.05, 0) is 36.5 Å². The van der Waals surface area contributed by atoms with Crippen LogP contribution in [0.3, 0.4) is 0 Å². The highest BCUT2D eigenvalue weighted by atomic mass is 14.7. The molecule has 1 rings (SSSR count). The standard InChI is InChI=1S/C13H19N/c1-5-11-9-12(10(3)4)7-8-13(11)14-6-2/h6-10H,5H2,1-4H3. The van der Waals surface area contributed by atoms with E-state index >= 15 is 0 Å². The number of aliphatic imine (C=N–C) groups is 1. The van der Waals surface area contributed by atoms with Crippen LogP contribution >= 0.6 is 0 Å². The van der Waals surface area contributed by atoms with Crippen LogP contribution in [0.4, 0.5) is 5.69 Å².